The molecule has 2 N–H and O–H groups in total. The maximum atomic E-state index is 9.50. The van der Waals surface area contributed by atoms with E-state index in [9.17, 15) is 10.2 Å². The number of hydrogen-bond acceptors (Lipinski definition) is 2. The summed E-state index contributed by atoms with van der Waals surface area (Å²) in [7, 11) is 0. The summed E-state index contributed by atoms with van der Waals surface area (Å²) in [6, 6.07) is 0. The lowest BCUT2D eigenvalue weighted by molar-refractivity contribution is 0.210. The first kappa shape index (κ1) is 6.63. The molecule has 0 bridgehead atoms. The van der Waals surface area contributed by atoms with Crippen LogP contribution in [0.4, 0.5) is 0 Å². The second kappa shape index (κ2) is 1.90. The largest absolute Gasteiger partial charge is 0.385 e. The third-order valence-corrected chi connectivity index (χ3v) is 3.08. The molecule has 0 radical (unpaired) electrons. The van der Waals surface area contributed by atoms with Crippen LogP contribution in [0.15, 0.2) is 35.5 Å². The summed E-state index contributed by atoms with van der Waals surface area (Å²) in [6.07, 6.45) is 6.83. The van der Waals surface area contributed by atoms with Crippen molar-refractivity contribution in [1.82, 2.24) is 0 Å². The Hall–Kier alpha value is -0.860. The van der Waals surface area contributed by atoms with Crippen LogP contribution < -0.4 is 0 Å². The zero-order valence-corrected chi connectivity index (χ0v) is 6.51. The minimum Gasteiger partial charge on any atom is -0.385 e. The van der Waals surface area contributed by atoms with Gasteiger partial charge in [-0.3, -0.25) is 0 Å². The summed E-state index contributed by atoms with van der Waals surface area (Å²) in [5.74, 6) is 0.756. The van der Waals surface area contributed by atoms with Crippen molar-refractivity contribution in [3.05, 3.63) is 35.5 Å². The smallest absolute Gasteiger partial charge is 0.0942 e. The maximum absolute atomic E-state index is 9.50. The van der Waals surface area contributed by atoms with E-state index >= 15 is 0 Å². The Balaban J connectivity index is 2.10. The third-order valence-electron chi connectivity index (χ3n) is 3.08. The Bertz CT molecular complexity index is 293. The van der Waals surface area contributed by atoms with Crippen molar-refractivity contribution in [1.29, 1.82) is 0 Å². The average molecular weight is 162 g/mol. The van der Waals surface area contributed by atoms with Gasteiger partial charge in [0.15, 0.2) is 0 Å². The number of allylic oxidation sites excluding steroid dienone is 2. The highest BCUT2D eigenvalue weighted by Crippen LogP contribution is 2.52. The van der Waals surface area contributed by atoms with Gasteiger partial charge in [0, 0.05) is 11.8 Å². The fraction of sp³-hybridized carbons (Fsp3) is 0.400. The molecule has 0 amide bonds. The second-order valence-electron chi connectivity index (χ2n) is 3.62. The molecule has 62 valence electrons. The van der Waals surface area contributed by atoms with Gasteiger partial charge in [0.2, 0.25) is 0 Å². The molecule has 2 nitrogen and oxygen atoms in total. The van der Waals surface area contributed by atoms with Gasteiger partial charge in [-0.05, 0) is 11.1 Å². The van der Waals surface area contributed by atoms with E-state index in [4.69, 9.17) is 0 Å². The van der Waals surface area contributed by atoms with Crippen LogP contribution in [0.1, 0.15) is 0 Å². The highest BCUT2D eigenvalue weighted by molar-refractivity contribution is 5.53. The molecule has 2 heteroatoms. The number of hydrogen-bond donors (Lipinski definition) is 2. The van der Waals surface area contributed by atoms with E-state index in [1.54, 1.807) is 0 Å². The van der Waals surface area contributed by atoms with Crippen LogP contribution in [-0.2, 0) is 0 Å². The summed E-state index contributed by atoms with van der Waals surface area (Å²) in [5.41, 5.74) is 2.08. The normalized spacial score (nSPS) is 47.8. The Kier molecular flexibility index (Phi) is 1.05. The average Bonchev–Trinajstić information content (AvgIpc) is 2.41. The van der Waals surface area contributed by atoms with Crippen LogP contribution in [0.2, 0.25) is 0 Å². The number of aliphatic hydroxyl groups is 2. The van der Waals surface area contributed by atoms with Crippen LogP contribution >= 0.6 is 0 Å². The van der Waals surface area contributed by atoms with Gasteiger partial charge in [0.05, 0.1) is 12.2 Å². The van der Waals surface area contributed by atoms with Crippen LogP contribution in [0.5, 0.6) is 0 Å². The van der Waals surface area contributed by atoms with Crippen molar-refractivity contribution < 1.29 is 10.2 Å². The first-order valence-electron chi connectivity index (χ1n) is 4.25. The number of rotatable bonds is 0. The maximum Gasteiger partial charge on any atom is 0.0942 e. The minimum atomic E-state index is -0.434. The molecule has 0 fully saturated rings. The van der Waals surface area contributed by atoms with Gasteiger partial charge < -0.3 is 10.2 Å². The van der Waals surface area contributed by atoms with Crippen molar-refractivity contribution in [3.8, 4) is 0 Å². The van der Waals surface area contributed by atoms with E-state index in [0.717, 1.165) is 11.1 Å². The molecule has 3 rings (SSSR count). The summed E-state index contributed by atoms with van der Waals surface area (Å²) >= 11 is 0. The Morgan fingerprint density at radius 2 is 1.17 bits per heavy atom. The van der Waals surface area contributed by atoms with E-state index in [0.29, 0.717) is 11.8 Å². The predicted octanol–water partition coefficient (Wildman–Crippen LogP) is 0.390. The molecule has 0 aromatic rings. The fourth-order valence-corrected chi connectivity index (χ4v) is 2.52. The zero-order valence-electron chi connectivity index (χ0n) is 6.51. The highest BCUT2D eigenvalue weighted by Gasteiger charge is 2.46. The molecule has 0 aromatic heterocycles. The molecule has 0 aliphatic heterocycles. The van der Waals surface area contributed by atoms with Crippen molar-refractivity contribution in [2.24, 2.45) is 11.8 Å². The quantitative estimate of drug-likeness (QED) is 0.506. The summed E-state index contributed by atoms with van der Waals surface area (Å²) in [5, 5.41) is 19.0. The molecule has 3 aliphatic carbocycles. The molecule has 0 heterocycles. The zero-order chi connectivity index (χ0) is 8.29. The van der Waals surface area contributed by atoms with E-state index in [2.05, 4.69) is 0 Å². The molecule has 3 aliphatic rings. The van der Waals surface area contributed by atoms with Crippen LogP contribution in [0.3, 0.4) is 0 Å². The summed E-state index contributed by atoms with van der Waals surface area (Å²) < 4.78 is 0. The monoisotopic (exact) mass is 162 g/mol. The molecule has 12 heavy (non-hydrogen) atoms. The van der Waals surface area contributed by atoms with Crippen LogP contribution in [-0.4, -0.2) is 22.4 Å². The Morgan fingerprint density at radius 1 is 0.750 bits per heavy atom. The van der Waals surface area contributed by atoms with Crippen LogP contribution in [0.25, 0.3) is 0 Å². The Labute approximate surface area is 70.5 Å². The molecule has 0 saturated heterocycles. The van der Waals surface area contributed by atoms with E-state index in [1.165, 1.54) is 0 Å². The first-order chi connectivity index (χ1) is 5.79. The van der Waals surface area contributed by atoms with E-state index in [-0.39, 0.29) is 0 Å². The fourth-order valence-electron chi connectivity index (χ4n) is 2.52. The number of aliphatic hydroxyl groups excluding tert-OH is 2. The summed E-state index contributed by atoms with van der Waals surface area (Å²) in [4.78, 5) is 0. The molecular weight excluding hydrogens is 152 g/mol. The molecular formula is C10H10O2. The van der Waals surface area contributed by atoms with Crippen molar-refractivity contribution in [3.63, 3.8) is 0 Å². The van der Waals surface area contributed by atoms with Gasteiger partial charge in [0.1, 0.15) is 0 Å². The van der Waals surface area contributed by atoms with E-state index < -0.39 is 12.2 Å². The molecule has 0 unspecified atom stereocenters. The Morgan fingerprint density at radius 3 is 1.58 bits per heavy atom. The highest BCUT2D eigenvalue weighted by atomic mass is 16.3. The topological polar surface area (TPSA) is 40.5 Å². The van der Waals surface area contributed by atoms with Gasteiger partial charge in [-0.1, -0.05) is 24.3 Å². The van der Waals surface area contributed by atoms with Crippen LogP contribution in [0, 0.1) is 11.8 Å². The molecule has 4 atom stereocenters. The van der Waals surface area contributed by atoms with Crippen molar-refractivity contribution >= 4 is 0 Å². The lowest BCUT2D eigenvalue weighted by Crippen LogP contribution is -2.32. The molecule has 0 spiro atoms. The van der Waals surface area contributed by atoms with Gasteiger partial charge in [-0.15, -0.1) is 0 Å². The number of fused-ring (bicyclic) bond motifs is 3. The van der Waals surface area contributed by atoms with Crippen molar-refractivity contribution in [2.75, 3.05) is 0 Å². The molecule has 0 saturated carbocycles. The first-order valence-corrected chi connectivity index (χ1v) is 4.25. The lowest BCUT2D eigenvalue weighted by Gasteiger charge is -2.35. The van der Waals surface area contributed by atoms with Gasteiger partial charge >= 0.3 is 0 Å². The standard InChI is InChI=1S/C10H10O2/c11-7-3-1-5-6-2-4-8(12)10(6)9(5)7/h1-8,11-12H/t5-,6+,7+,8-. The summed E-state index contributed by atoms with van der Waals surface area (Å²) in [6.45, 7) is 0. The molecule has 0 aromatic carbocycles. The van der Waals surface area contributed by atoms with Gasteiger partial charge in [-0.2, -0.15) is 0 Å². The lowest BCUT2D eigenvalue weighted by atomic mass is 9.70. The predicted molar refractivity (Wildman–Crippen MR) is 44.3 cm³/mol. The minimum absolute atomic E-state index is 0.378. The van der Waals surface area contributed by atoms with Crippen molar-refractivity contribution in [2.45, 2.75) is 12.2 Å². The van der Waals surface area contributed by atoms with Gasteiger partial charge in [-0.25, -0.2) is 0 Å². The third kappa shape index (κ3) is 0.551. The second-order valence-corrected chi connectivity index (χ2v) is 3.62. The van der Waals surface area contributed by atoms with Gasteiger partial charge in [0.25, 0.3) is 0 Å². The SMILES string of the molecule is O[C@@H]1C=C[C@@H]2C1=C1[C@@H](O)C=C[C@@H]12. The van der Waals surface area contributed by atoms with E-state index in [1.807, 2.05) is 24.3 Å².